The lowest BCUT2D eigenvalue weighted by Gasteiger charge is -2.11. The molecule has 0 aliphatic rings. The number of benzene rings is 2. The molecule has 0 amide bonds. The molecule has 2 nitrogen and oxygen atoms in total. The highest BCUT2D eigenvalue weighted by Gasteiger charge is 2.07. The summed E-state index contributed by atoms with van der Waals surface area (Å²) >= 11 is 3.45. The first-order valence-corrected chi connectivity index (χ1v) is 6.69. The molecule has 0 spiro atoms. The fourth-order valence-corrected chi connectivity index (χ4v) is 2.12. The smallest absolute Gasteiger partial charge is 0.145 e. The zero-order chi connectivity index (χ0) is 13.0. The van der Waals surface area contributed by atoms with Crippen LogP contribution in [0.4, 0.5) is 0 Å². The minimum Gasteiger partial charge on any atom is -0.456 e. The van der Waals surface area contributed by atoms with Crippen LogP contribution in [0.3, 0.4) is 0 Å². The van der Waals surface area contributed by atoms with Gasteiger partial charge < -0.3 is 4.74 Å². The SMILES string of the molecule is Cc1ccc(Oc2ccccc2C#N)c(CBr)c1. The van der Waals surface area contributed by atoms with E-state index >= 15 is 0 Å². The van der Waals surface area contributed by atoms with E-state index < -0.39 is 0 Å². The topological polar surface area (TPSA) is 33.0 Å². The van der Waals surface area contributed by atoms with Crippen molar-refractivity contribution in [2.75, 3.05) is 0 Å². The van der Waals surface area contributed by atoms with E-state index in [0.29, 0.717) is 11.3 Å². The highest BCUT2D eigenvalue weighted by Crippen LogP contribution is 2.29. The summed E-state index contributed by atoms with van der Waals surface area (Å²) in [6.07, 6.45) is 0. The minimum absolute atomic E-state index is 0.540. The lowest BCUT2D eigenvalue weighted by Crippen LogP contribution is -1.92. The molecular weight excluding hydrogens is 290 g/mol. The second-order valence-corrected chi connectivity index (χ2v) is 4.52. The van der Waals surface area contributed by atoms with Crippen molar-refractivity contribution in [3.05, 3.63) is 59.2 Å². The second-order valence-electron chi connectivity index (χ2n) is 3.95. The maximum Gasteiger partial charge on any atom is 0.145 e. The van der Waals surface area contributed by atoms with Gasteiger partial charge in [-0.25, -0.2) is 0 Å². The maximum atomic E-state index is 9.03. The molecule has 0 aliphatic carbocycles. The highest BCUT2D eigenvalue weighted by molar-refractivity contribution is 9.08. The predicted molar refractivity (Wildman–Crippen MR) is 75.0 cm³/mol. The molecule has 0 fully saturated rings. The van der Waals surface area contributed by atoms with Gasteiger partial charge in [-0.15, -0.1) is 0 Å². The van der Waals surface area contributed by atoms with Crippen LogP contribution in [0.2, 0.25) is 0 Å². The molecule has 0 heterocycles. The molecule has 0 aliphatic heterocycles. The third kappa shape index (κ3) is 2.72. The largest absolute Gasteiger partial charge is 0.456 e. The van der Waals surface area contributed by atoms with E-state index in [1.54, 1.807) is 12.1 Å². The summed E-state index contributed by atoms with van der Waals surface area (Å²) in [6, 6.07) is 15.4. The molecule has 0 saturated heterocycles. The van der Waals surface area contributed by atoms with Gasteiger partial charge in [-0.2, -0.15) is 5.26 Å². The summed E-state index contributed by atoms with van der Waals surface area (Å²) in [5, 5.41) is 9.75. The monoisotopic (exact) mass is 301 g/mol. The van der Waals surface area contributed by atoms with Crippen molar-refractivity contribution < 1.29 is 4.74 Å². The van der Waals surface area contributed by atoms with E-state index in [2.05, 4.69) is 28.1 Å². The molecule has 0 bridgehead atoms. The quantitative estimate of drug-likeness (QED) is 0.779. The number of rotatable bonds is 3. The van der Waals surface area contributed by atoms with Crippen molar-refractivity contribution >= 4 is 15.9 Å². The van der Waals surface area contributed by atoms with Crippen LogP contribution < -0.4 is 4.74 Å². The molecule has 0 aromatic heterocycles. The number of nitriles is 1. The van der Waals surface area contributed by atoms with Gasteiger partial charge in [0.15, 0.2) is 0 Å². The van der Waals surface area contributed by atoms with Gasteiger partial charge in [0.05, 0.1) is 5.56 Å². The molecule has 2 rings (SSSR count). The lowest BCUT2D eigenvalue weighted by molar-refractivity contribution is 0.477. The number of alkyl halides is 1. The van der Waals surface area contributed by atoms with Crippen molar-refractivity contribution in [3.63, 3.8) is 0 Å². The first kappa shape index (κ1) is 12.7. The fraction of sp³-hybridized carbons (Fsp3) is 0.133. The molecule has 18 heavy (non-hydrogen) atoms. The van der Waals surface area contributed by atoms with Gasteiger partial charge in [0, 0.05) is 10.9 Å². The van der Waals surface area contributed by atoms with E-state index in [1.807, 2.05) is 31.2 Å². The lowest BCUT2D eigenvalue weighted by atomic mass is 10.1. The van der Waals surface area contributed by atoms with Crippen molar-refractivity contribution in [3.8, 4) is 17.6 Å². The Morgan fingerprint density at radius 2 is 1.94 bits per heavy atom. The highest BCUT2D eigenvalue weighted by atomic mass is 79.9. The summed E-state index contributed by atoms with van der Waals surface area (Å²) in [4.78, 5) is 0. The summed E-state index contributed by atoms with van der Waals surface area (Å²) in [6.45, 7) is 2.04. The average Bonchev–Trinajstić information content (AvgIpc) is 2.41. The third-order valence-corrected chi connectivity index (χ3v) is 3.19. The molecule has 0 saturated carbocycles. The van der Waals surface area contributed by atoms with Gasteiger partial charge >= 0.3 is 0 Å². The molecule has 90 valence electrons. The number of ether oxygens (including phenoxy) is 1. The second kappa shape index (κ2) is 5.70. The van der Waals surface area contributed by atoms with Crippen molar-refractivity contribution in [1.29, 1.82) is 5.26 Å². The number of aryl methyl sites for hydroxylation is 1. The molecule has 0 unspecified atom stereocenters. The number of hydrogen-bond donors (Lipinski definition) is 0. The van der Waals surface area contributed by atoms with E-state index in [1.165, 1.54) is 5.56 Å². The van der Waals surface area contributed by atoms with Crippen LogP contribution in [0.1, 0.15) is 16.7 Å². The van der Waals surface area contributed by atoms with E-state index in [4.69, 9.17) is 10.00 Å². The minimum atomic E-state index is 0.540. The Morgan fingerprint density at radius 3 is 2.67 bits per heavy atom. The van der Waals surface area contributed by atoms with Gasteiger partial charge in [0.2, 0.25) is 0 Å². The van der Waals surface area contributed by atoms with Gasteiger partial charge in [-0.05, 0) is 25.1 Å². The Morgan fingerprint density at radius 1 is 1.17 bits per heavy atom. The van der Waals surface area contributed by atoms with Crippen LogP contribution in [0.15, 0.2) is 42.5 Å². The third-order valence-electron chi connectivity index (χ3n) is 2.59. The number of hydrogen-bond acceptors (Lipinski definition) is 2. The van der Waals surface area contributed by atoms with Gasteiger partial charge in [0.25, 0.3) is 0 Å². The van der Waals surface area contributed by atoms with Gasteiger partial charge in [-0.1, -0.05) is 45.8 Å². The van der Waals surface area contributed by atoms with E-state index in [0.717, 1.165) is 16.6 Å². The molecule has 0 N–H and O–H groups in total. The summed E-state index contributed by atoms with van der Waals surface area (Å²) < 4.78 is 5.82. The Balaban J connectivity index is 2.37. The predicted octanol–water partition coefficient (Wildman–Crippen LogP) is 4.55. The molecule has 2 aromatic rings. The Hall–Kier alpha value is -1.79. The van der Waals surface area contributed by atoms with Crippen molar-refractivity contribution in [2.45, 2.75) is 12.3 Å². The number of nitrogens with zero attached hydrogens (tertiary/aromatic N) is 1. The van der Waals surface area contributed by atoms with Gasteiger partial charge in [0.1, 0.15) is 17.6 Å². The van der Waals surface area contributed by atoms with Crippen LogP contribution in [0.5, 0.6) is 11.5 Å². The molecule has 3 heteroatoms. The average molecular weight is 302 g/mol. The Labute approximate surface area is 115 Å². The molecular formula is C15H12BrNO. The Bertz CT molecular complexity index is 602. The van der Waals surface area contributed by atoms with Crippen LogP contribution in [-0.4, -0.2) is 0 Å². The van der Waals surface area contributed by atoms with Crippen LogP contribution in [0.25, 0.3) is 0 Å². The summed E-state index contributed by atoms with van der Waals surface area (Å²) in [5.74, 6) is 1.37. The maximum absolute atomic E-state index is 9.03. The van der Waals surface area contributed by atoms with Crippen LogP contribution in [0, 0.1) is 18.3 Å². The van der Waals surface area contributed by atoms with Gasteiger partial charge in [-0.3, -0.25) is 0 Å². The van der Waals surface area contributed by atoms with Crippen LogP contribution >= 0.6 is 15.9 Å². The standard InChI is InChI=1S/C15H12BrNO/c1-11-6-7-15(13(8-11)9-16)18-14-5-3-2-4-12(14)10-17/h2-8H,9H2,1H3. The van der Waals surface area contributed by atoms with E-state index in [9.17, 15) is 0 Å². The first-order chi connectivity index (χ1) is 8.74. The molecule has 2 aromatic carbocycles. The number of para-hydroxylation sites is 1. The summed E-state index contributed by atoms with van der Waals surface area (Å²) in [5.41, 5.74) is 2.80. The Kier molecular flexibility index (Phi) is 4.01. The van der Waals surface area contributed by atoms with E-state index in [-0.39, 0.29) is 0 Å². The fourth-order valence-electron chi connectivity index (χ4n) is 1.68. The normalized spacial score (nSPS) is 9.83. The molecule has 0 radical (unpaired) electrons. The zero-order valence-corrected chi connectivity index (χ0v) is 11.6. The zero-order valence-electron chi connectivity index (χ0n) is 9.98. The van der Waals surface area contributed by atoms with Crippen molar-refractivity contribution in [2.24, 2.45) is 0 Å². The van der Waals surface area contributed by atoms with Crippen LogP contribution in [-0.2, 0) is 5.33 Å². The number of halogens is 1. The summed E-state index contributed by atoms with van der Waals surface area (Å²) in [7, 11) is 0. The first-order valence-electron chi connectivity index (χ1n) is 5.57. The van der Waals surface area contributed by atoms with Crippen molar-refractivity contribution in [1.82, 2.24) is 0 Å². The molecule has 0 atom stereocenters.